The van der Waals surface area contributed by atoms with Crippen LogP contribution in [0.1, 0.15) is 40.0 Å². The fourth-order valence-corrected chi connectivity index (χ4v) is 2.44. The molecule has 1 fully saturated rings. The molecule has 2 atom stereocenters. The van der Waals surface area contributed by atoms with Crippen molar-refractivity contribution in [2.75, 3.05) is 27.3 Å². The summed E-state index contributed by atoms with van der Waals surface area (Å²) in [4.78, 5) is 2.24. The topological polar surface area (TPSA) is 32.7 Å². The van der Waals surface area contributed by atoms with E-state index in [1.54, 1.807) is 7.11 Å². The first kappa shape index (κ1) is 14.9. The zero-order chi connectivity index (χ0) is 11.9. The van der Waals surface area contributed by atoms with Gasteiger partial charge in [0.1, 0.15) is 0 Å². The first-order chi connectivity index (χ1) is 7.14. The van der Waals surface area contributed by atoms with Crippen LogP contribution in [0, 0.1) is 0 Å². The van der Waals surface area contributed by atoms with E-state index >= 15 is 0 Å². The molecule has 0 aromatic carbocycles. The van der Waals surface area contributed by atoms with Crippen molar-refractivity contribution in [2.45, 2.75) is 51.7 Å². The molecule has 3 nitrogen and oxygen atoms in total. The number of likely N-dealkylation sites (N-methyl/N-ethyl adjacent to an activating group) is 1. The maximum atomic E-state index is 9.59. The molecule has 0 saturated carbocycles. The van der Waals surface area contributed by atoms with E-state index in [1.165, 1.54) is 0 Å². The van der Waals surface area contributed by atoms with Gasteiger partial charge in [-0.2, -0.15) is 0 Å². The molecule has 0 spiro atoms. The van der Waals surface area contributed by atoms with Crippen LogP contribution < -0.4 is 0 Å². The second-order valence-electron chi connectivity index (χ2n) is 4.15. The van der Waals surface area contributed by atoms with Gasteiger partial charge >= 0.3 is 0 Å². The van der Waals surface area contributed by atoms with Crippen LogP contribution >= 0.6 is 0 Å². The Morgan fingerprint density at radius 3 is 2.40 bits per heavy atom. The normalized spacial score (nSPS) is 31.2. The summed E-state index contributed by atoms with van der Waals surface area (Å²) < 4.78 is 5.25. The standard InChI is InChI=1S/C10H21NO2.C2H6/c1-4-5-10(8-13-3)6-9(12)7-11(10)2;1-2/h9,12H,4-8H2,1-3H3;1-2H3. The Morgan fingerprint density at radius 1 is 1.47 bits per heavy atom. The van der Waals surface area contributed by atoms with E-state index in [0.717, 1.165) is 32.4 Å². The number of aliphatic hydroxyl groups excluding tert-OH is 1. The second kappa shape index (κ2) is 7.20. The minimum Gasteiger partial charge on any atom is -0.392 e. The Morgan fingerprint density at radius 2 is 2.07 bits per heavy atom. The van der Waals surface area contributed by atoms with Crippen LogP contribution in [-0.4, -0.2) is 49.0 Å². The number of β-amino-alcohol motifs (C(OH)–C–C–N with tert-alkyl or cyclic N) is 1. The molecule has 1 aliphatic rings. The van der Waals surface area contributed by atoms with E-state index < -0.39 is 0 Å². The van der Waals surface area contributed by atoms with Gasteiger partial charge in [-0.25, -0.2) is 0 Å². The van der Waals surface area contributed by atoms with Crippen molar-refractivity contribution in [1.29, 1.82) is 0 Å². The number of nitrogens with zero attached hydrogens (tertiary/aromatic N) is 1. The van der Waals surface area contributed by atoms with Crippen molar-refractivity contribution in [2.24, 2.45) is 0 Å². The summed E-state index contributed by atoms with van der Waals surface area (Å²) >= 11 is 0. The van der Waals surface area contributed by atoms with Crippen LogP contribution in [-0.2, 0) is 4.74 Å². The summed E-state index contributed by atoms with van der Waals surface area (Å²) in [5.74, 6) is 0. The minimum atomic E-state index is -0.174. The largest absolute Gasteiger partial charge is 0.392 e. The minimum absolute atomic E-state index is 0.0862. The lowest BCUT2D eigenvalue weighted by Gasteiger charge is -2.35. The SMILES string of the molecule is CC.CCCC1(COC)CC(O)CN1C. The Labute approximate surface area is 94.4 Å². The summed E-state index contributed by atoms with van der Waals surface area (Å²) in [6.45, 7) is 7.69. The van der Waals surface area contributed by atoms with Crippen molar-refractivity contribution in [3.05, 3.63) is 0 Å². The van der Waals surface area contributed by atoms with Crippen molar-refractivity contribution >= 4 is 0 Å². The van der Waals surface area contributed by atoms with E-state index in [9.17, 15) is 5.11 Å². The first-order valence-electron chi connectivity index (χ1n) is 6.03. The summed E-state index contributed by atoms with van der Waals surface area (Å²) in [7, 11) is 3.81. The number of ether oxygens (including phenoxy) is 1. The third-order valence-corrected chi connectivity index (χ3v) is 3.04. The smallest absolute Gasteiger partial charge is 0.0685 e. The van der Waals surface area contributed by atoms with Crippen molar-refractivity contribution < 1.29 is 9.84 Å². The molecule has 92 valence electrons. The fraction of sp³-hybridized carbons (Fsp3) is 1.00. The number of rotatable bonds is 4. The van der Waals surface area contributed by atoms with Gasteiger partial charge in [0.15, 0.2) is 0 Å². The van der Waals surface area contributed by atoms with Gasteiger partial charge < -0.3 is 9.84 Å². The molecule has 0 amide bonds. The summed E-state index contributed by atoms with van der Waals surface area (Å²) in [6.07, 6.45) is 2.92. The van der Waals surface area contributed by atoms with Crippen molar-refractivity contribution in [3.63, 3.8) is 0 Å². The summed E-state index contributed by atoms with van der Waals surface area (Å²) in [5, 5.41) is 9.59. The van der Waals surface area contributed by atoms with Crippen LogP contribution in [0.5, 0.6) is 0 Å². The lowest BCUT2D eigenvalue weighted by Crippen LogP contribution is -2.45. The van der Waals surface area contributed by atoms with Crippen molar-refractivity contribution in [1.82, 2.24) is 4.90 Å². The van der Waals surface area contributed by atoms with Gasteiger partial charge in [-0.15, -0.1) is 0 Å². The van der Waals surface area contributed by atoms with E-state index in [1.807, 2.05) is 13.8 Å². The molecule has 0 aromatic heterocycles. The second-order valence-corrected chi connectivity index (χ2v) is 4.15. The highest BCUT2D eigenvalue weighted by Crippen LogP contribution is 2.32. The number of hydrogen-bond donors (Lipinski definition) is 1. The third kappa shape index (κ3) is 3.74. The van der Waals surface area contributed by atoms with E-state index in [4.69, 9.17) is 4.74 Å². The third-order valence-electron chi connectivity index (χ3n) is 3.04. The summed E-state index contributed by atoms with van der Waals surface area (Å²) in [5.41, 5.74) is 0.0862. The Kier molecular flexibility index (Phi) is 7.14. The molecule has 0 aromatic rings. The number of methoxy groups -OCH3 is 1. The highest BCUT2D eigenvalue weighted by atomic mass is 16.5. The van der Waals surface area contributed by atoms with Crippen LogP contribution in [0.25, 0.3) is 0 Å². The van der Waals surface area contributed by atoms with Gasteiger partial charge in [0, 0.05) is 19.2 Å². The van der Waals surface area contributed by atoms with E-state index in [0.29, 0.717) is 0 Å². The van der Waals surface area contributed by atoms with Gasteiger partial charge in [-0.1, -0.05) is 27.2 Å². The van der Waals surface area contributed by atoms with Crippen LogP contribution in [0.2, 0.25) is 0 Å². The van der Waals surface area contributed by atoms with Crippen LogP contribution in [0.3, 0.4) is 0 Å². The molecule has 1 N–H and O–H groups in total. The zero-order valence-corrected chi connectivity index (χ0v) is 10.9. The average Bonchev–Trinajstić information content (AvgIpc) is 2.46. The first-order valence-corrected chi connectivity index (χ1v) is 6.03. The van der Waals surface area contributed by atoms with Crippen molar-refractivity contribution in [3.8, 4) is 0 Å². The van der Waals surface area contributed by atoms with Gasteiger partial charge in [0.05, 0.1) is 12.7 Å². The molecule has 0 radical (unpaired) electrons. The molecule has 1 heterocycles. The fourth-order valence-electron chi connectivity index (χ4n) is 2.44. The molecule has 0 bridgehead atoms. The molecule has 15 heavy (non-hydrogen) atoms. The quantitative estimate of drug-likeness (QED) is 0.780. The maximum Gasteiger partial charge on any atom is 0.0685 e. The van der Waals surface area contributed by atoms with Gasteiger partial charge in [0.25, 0.3) is 0 Å². The number of likely N-dealkylation sites (tertiary alicyclic amines) is 1. The number of aliphatic hydroxyl groups is 1. The predicted octanol–water partition coefficient (Wildman–Crippen LogP) is 1.89. The zero-order valence-electron chi connectivity index (χ0n) is 10.9. The highest BCUT2D eigenvalue weighted by Gasteiger charge is 2.42. The molecule has 1 rings (SSSR count). The van der Waals surface area contributed by atoms with Gasteiger partial charge in [-0.05, 0) is 19.9 Å². The molecule has 1 saturated heterocycles. The molecular formula is C12H27NO2. The van der Waals surface area contributed by atoms with Gasteiger partial charge in [-0.3, -0.25) is 4.90 Å². The average molecular weight is 217 g/mol. The highest BCUT2D eigenvalue weighted by molar-refractivity contribution is 4.97. The predicted molar refractivity (Wildman–Crippen MR) is 64.1 cm³/mol. The summed E-state index contributed by atoms with van der Waals surface area (Å²) in [6, 6.07) is 0. The van der Waals surface area contributed by atoms with Crippen LogP contribution in [0.15, 0.2) is 0 Å². The van der Waals surface area contributed by atoms with Crippen LogP contribution in [0.4, 0.5) is 0 Å². The molecule has 2 unspecified atom stereocenters. The Hall–Kier alpha value is -0.120. The Bertz CT molecular complexity index is 156. The maximum absolute atomic E-state index is 9.59. The molecule has 0 aliphatic carbocycles. The molecule has 3 heteroatoms. The lowest BCUT2D eigenvalue weighted by atomic mass is 9.91. The molecular weight excluding hydrogens is 190 g/mol. The lowest BCUT2D eigenvalue weighted by molar-refractivity contribution is 0.0452. The number of hydrogen-bond acceptors (Lipinski definition) is 3. The monoisotopic (exact) mass is 217 g/mol. The molecule has 1 aliphatic heterocycles. The van der Waals surface area contributed by atoms with E-state index in [-0.39, 0.29) is 11.6 Å². The Balaban J connectivity index is 0.000000921. The van der Waals surface area contributed by atoms with Gasteiger partial charge in [0.2, 0.25) is 0 Å². The van der Waals surface area contributed by atoms with E-state index in [2.05, 4.69) is 18.9 Å².